The SMILES string of the molecule is CC1CCN(C(=O)c2ccc(NC(=O)CN(C)Cc3ccccc3)cc2)CC1. The first kappa shape index (κ1) is 20.1. The van der Waals surface area contributed by atoms with Crippen molar-refractivity contribution in [1.29, 1.82) is 0 Å². The summed E-state index contributed by atoms with van der Waals surface area (Å²) in [6.45, 7) is 4.91. The maximum absolute atomic E-state index is 12.6. The second-order valence-corrected chi connectivity index (χ2v) is 7.76. The number of hydrogen-bond acceptors (Lipinski definition) is 3. The van der Waals surface area contributed by atoms with Crippen molar-refractivity contribution < 1.29 is 9.59 Å². The molecule has 1 heterocycles. The molecule has 1 N–H and O–H groups in total. The first-order valence-corrected chi connectivity index (χ1v) is 9.93. The number of amides is 2. The zero-order valence-electron chi connectivity index (χ0n) is 16.7. The molecule has 1 aliphatic heterocycles. The van der Waals surface area contributed by atoms with Crippen molar-refractivity contribution in [2.24, 2.45) is 5.92 Å². The summed E-state index contributed by atoms with van der Waals surface area (Å²) in [4.78, 5) is 28.8. The van der Waals surface area contributed by atoms with E-state index in [2.05, 4.69) is 12.2 Å². The summed E-state index contributed by atoms with van der Waals surface area (Å²) < 4.78 is 0. The normalized spacial score (nSPS) is 14.9. The van der Waals surface area contributed by atoms with E-state index in [-0.39, 0.29) is 11.8 Å². The van der Waals surface area contributed by atoms with Crippen LogP contribution in [0.15, 0.2) is 54.6 Å². The molecule has 28 heavy (non-hydrogen) atoms. The third-order valence-corrected chi connectivity index (χ3v) is 5.20. The van der Waals surface area contributed by atoms with Gasteiger partial charge in [0.15, 0.2) is 0 Å². The molecule has 1 saturated heterocycles. The Morgan fingerprint density at radius 3 is 2.32 bits per heavy atom. The number of nitrogens with one attached hydrogen (secondary N) is 1. The Kier molecular flexibility index (Phi) is 6.82. The highest BCUT2D eigenvalue weighted by atomic mass is 16.2. The van der Waals surface area contributed by atoms with Crippen molar-refractivity contribution in [1.82, 2.24) is 9.80 Å². The second-order valence-electron chi connectivity index (χ2n) is 7.76. The van der Waals surface area contributed by atoms with Crippen LogP contribution in [-0.2, 0) is 11.3 Å². The van der Waals surface area contributed by atoms with Crippen molar-refractivity contribution in [2.75, 3.05) is 32.0 Å². The summed E-state index contributed by atoms with van der Waals surface area (Å²) in [5.74, 6) is 0.705. The molecule has 5 heteroatoms. The number of anilines is 1. The molecule has 2 aromatic carbocycles. The number of likely N-dealkylation sites (N-methyl/N-ethyl adjacent to an activating group) is 1. The summed E-state index contributed by atoms with van der Waals surface area (Å²) >= 11 is 0. The van der Waals surface area contributed by atoms with Gasteiger partial charge in [-0.15, -0.1) is 0 Å². The number of benzene rings is 2. The van der Waals surface area contributed by atoms with Crippen molar-refractivity contribution >= 4 is 17.5 Å². The minimum atomic E-state index is -0.0671. The quantitative estimate of drug-likeness (QED) is 0.834. The van der Waals surface area contributed by atoms with Gasteiger partial charge in [0, 0.05) is 30.9 Å². The van der Waals surface area contributed by atoms with Crippen LogP contribution in [0.25, 0.3) is 0 Å². The van der Waals surface area contributed by atoms with Crippen LogP contribution in [-0.4, -0.2) is 48.3 Å². The van der Waals surface area contributed by atoms with E-state index in [4.69, 9.17) is 0 Å². The molecular weight excluding hydrogens is 350 g/mol. The van der Waals surface area contributed by atoms with Crippen molar-refractivity contribution in [3.05, 3.63) is 65.7 Å². The molecule has 5 nitrogen and oxygen atoms in total. The lowest BCUT2D eigenvalue weighted by Gasteiger charge is -2.30. The van der Waals surface area contributed by atoms with E-state index in [1.165, 1.54) is 5.56 Å². The average Bonchev–Trinajstić information content (AvgIpc) is 2.69. The Hall–Kier alpha value is -2.66. The van der Waals surface area contributed by atoms with Gasteiger partial charge in [-0.05, 0) is 55.6 Å². The fourth-order valence-corrected chi connectivity index (χ4v) is 3.49. The molecule has 2 aromatic rings. The number of piperidine rings is 1. The number of carbonyl (C=O) groups is 2. The standard InChI is InChI=1S/C23H29N3O2/c1-18-12-14-26(15-13-18)23(28)20-8-10-21(11-9-20)24-22(27)17-25(2)16-19-6-4-3-5-7-19/h3-11,18H,12-17H2,1-2H3,(H,24,27). The molecule has 0 bridgehead atoms. The molecule has 148 valence electrons. The highest BCUT2D eigenvalue weighted by molar-refractivity contribution is 5.96. The fourth-order valence-electron chi connectivity index (χ4n) is 3.49. The molecule has 0 atom stereocenters. The van der Waals surface area contributed by atoms with Gasteiger partial charge in [0.1, 0.15) is 0 Å². The molecule has 0 radical (unpaired) electrons. The minimum Gasteiger partial charge on any atom is -0.339 e. The molecule has 0 aliphatic carbocycles. The Balaban J connectivity index is 1.49. The summed E-state index contributed by atoms with van der Waals surface area (Å²) in [7, 11) is 1.92. The highest BCUT2D eigenvalue weighted by Crippen LogP contribution is 2.19. The van der Waals surface area contributed by atoms with Crippen LogP contribution in [0.3, 0.4) is 0 Å². The van der Waals surface area contributed by atoms with Crippen molar-refractivity contribution in [2.45, 2.75) is 26.3 Å². The molecule has 0 spiro atoms. The molecule has 0 aromatic heterocycles. The predicted molar refractivity (Wildman–Crippen MR) is 112 cm³/mol. The van der Waals surface area contributed by atoms with Gasteiger partial charge in [-0.3, -0.25) is 14.5 Å². The van der Waals surface area contributed by atoms with E-state index >= 15 is 0 Å². The third kappa shape index (κ3) is 5.67. The minimum absolute atomic E-state index is 0.0671. The summed E-state index contributed by atoms with van der Waals surface area (Å²) in [6.07, 6.45) is 2.13. The molecule has 0 unspecified atom stereocenters. The van der Waals surface area contributed by atoms with Crippen molar-refractivity contribution in [3.8, 4) is 0 Å². The van der Waals surface area contributed by atoms with Gasteiger partial charge < -0.3 is 10.2 Å². The van der Waals surface area contributed by atoms with E-state index in [9.17, 15) is 9.59 Å². The van der Waals surface area contributed by atoms with Gasteiger partial charge in [0.2, 0.25) is 5.91 Å². The molecule has 1 aliphatic rings. The van der Waals surface area contributed by atoms with Crippen LogP contribution in [0.4, 0.5) is 5.69 Å². The van der Waals surface area contributed by atoms with Gasteiger partial charge in [0.25, 0.3) is 5.91 Å². The van der Waals surface area contributed by atoms with Crippen molar-refractivity contribution in [3.63, 3.8) is 0 Å². The van der Waals surface area contributed by atoms with Crippen LogP contribution < -0.4 is 5.32 Å². The maximum Gasteiger partial charge on any atom is 0.253 e. The Morgan fingerprint density at radius 2 is 1.68 bits per heavy atom. The van der Waals surface area contributed by atoms with E-state index < -0.39 is 0 Å². The topological polar surface area (TPSA) is 52.7 Å². The number of likely N-dealkylation sites (tertiary alicyclic amines) is 1. The molecule has 1 fully saturated rings. The summed E-state index contributed by atoms with van der Waals surface area (Å²) in [6, 6.07) is 17.3. The zero-order valence-corrected chi connectivity index (χ0v) is 16.7. The van der Waals surface area contributed by atoms with Gasteiger partial charge >= 0.3 is 0 Å². The lowest BCUT2D eigenvalue weighted by molar-refractivity contribution is -0.117. The van der Waals surface area contributed by atoms with Gasteiger partial charge in [-0.1, -0.05) is 37.3 Å². The summed E-state index contributed by atoms with van der Waals surface area (Å²) in [5.41, 5.74) is 2.56. The Bertz CT molecular complexity index is 781. The largest absolute Gasteiger partial charge is 0.339 e. The number of carbonyl (C=O) groups excluding carboxylic acids is 2. The first-order valence-electron chi connectivity index (χ1n) is 9.93. The lowest BCUT2D eigenvalue weighted by atomic mass is 9.98. The number of rotatable bonds is 6. The summed E-state index contributed by atoms with van der Waals surface area (Å²) in [5, 5.41) is 2.90. The highest BCUT2D eigenvalue weighted by Gasteiger charge is 2.21. The monoisotopic (exact) mass is 379 g/mol. The van der Waals surface area contributed by atoms with Gasteiger partial charge in [0.05, 0.1) is 6.54 Å². The molecule has 0 saturated carbocycles. The maximum atomic E-state index is 12.6. The molecule has 3 rings (SSSR count). The van der Waals surface area contributed by atoms with Crippen LogP contribution in [0, 0.1) is 5.92 Å². The van der Waals surface area contributed by atoms with Crippen LogP contribution >= 0.6 is 0 Å². The van der Waals surface area contributed by atoms with Crippen LogP contribution in [0.5, 0.6) is 0 Å². The first-order chi connectivity index (χ1) is 13.5. The van der Waals surface area contributed by atoms with E-state index in [0.29, 0.717) is 23.7 Å². The Morgan fingerprint density at radius 1 is 1.04 bits per heavy atom. The van der Waals surface area contributed by atoms with E-state index in [1.54, 1.807) is 24.3 Å². The number of nitrogens with zero attached hydrogens (tertiary/aromatic N) is 2. The lowest BCUT2D eigenvalue weighted by Crippen LogP contribution is -2.37. The number of hydrogen-bond donors (Lipinski definition) is 1. The second kappa shape index (κ2) is 9.51. The molecular formula is C23H29N3O2. The smallest absolute Gasteiger partial charge is 0.253 e. The van der Waals surface area contributed by atoms with Gasteiger partial charge in [-0.2, -0.15) is 0 Å². The predicted octanol–water partition coefficient (Wildman–Crippen LogP) is 3.63. The average molecular weight is 380 g/mol. The van der Waals surface area contributed by atoms with E-state index in [1.807, 2.05) is 47.2 Å². The van der Waals surface area contributed by atoms with Gasteiger partial charge in [-0.25, -0.2) is 0 Å². The van der Waals surface area contributed by atoms with E-state index in [0.717, 1.165) is 32.5 Å². The zero-order chi connectivity index (χ0) is 19.9. The third-order valence-electron chi connectivity index (χ3n) is 5.20. The molecule has 2 amide bonds. The fraction of sp³-hybridized carbons (Fsp3) is 0.391. The van der Waals surface area contributed by atoms with Crippen LogP contribution in [0.1, 0.15) is 35.7 Å². The Labute approximate surface area is 167 Å². The van der Waals surface area contributed by atoms with Crippen LogP contribution in [0.2, 0.25) is 0 Å².